The number of aliphatic hydroxyl groups excluding tert-OH is 1. The van der Waals surface area contributed by atoms with Gasteiger partial charge >= 0.3 is 0 Å². The van der Waals surface area contributed by atoms with Crippen molar-refractivity contribution in [2.75, 3.05) is 19.6 Å². The van der Waals surface area contributed by atoms with E-state index in [0.29, 0.717) is 18.0 Å². The van der Waals surface area contributed by atoms with Crippen molar-refractivity contribution >= 4 is 0 Å². The molecule has 0 aromatic heterocycles. The van der Waals surface area contributed by atoms with Crippen LogP contribution in [-0.4, -0.2) is 47.8 Å². The Morgan fingerprint density at radius 1 is 1.31 bits per heavy atom. The molecule has 0 radical (unpaired) electrons. The average molecular weight is 226 g/mol. The first-order valence-corrected chi connectivity index (χ1v) is 6.82. The first kappa shape index (κ1) is 12.3. The second-order valence-electron chi connectivity index (χ2n) is 5.78. The summed E-state index contributed by atoms with van der Waals surface area (Å²) < 4.78 is 0. The molecule has 2 aliphatic rings. The lowest BCUT2D eigenvalue weighted by atomic mass is 10.0. The maximum Gasteiger partial charge on any atom is 0.0791 e. The highest BCUT2D eigenvalue weighted by molar-refractivity contribution is 4.85. The Labute approximate surface area is 99.2 Å². The maximum atomic E-state index is 9.98. The molecule has 2 N–H and O–H groups in total. The number of β-amino-alcohol motifs (C(OH)–C–C–N with tert-alkyl or cyclic N) is 1. The van der Waals surface area contributed by atoms with Crippen molar-refractivity contribution in [2.24, 2.45) is 5.92 Å². The second kappa shape index (κ2) is 5.48. The number of nitrogens with zero attached hydrogens (tertiary/aromatic N) is 1. The fourth-order valence-corrected chi connectivity index (χ4v) is 2.76. The molecule has 1 saturated heterocycles. The molecule has 0 amide bonds. The monoisotopic (exact) mass is 226 g/mol. The van der Waals surface area contributed by atoms with Crippen molar-refractivity contribution < 1.29 is 5.11 Å². The Morgan fingerprint density at radius 2 is 2.06 bits per heavy atom. The number of likely N-dealkylation sites (tertiary alicyclic amines) is 1. The Morgan fingerprint density at radius 3 is 2.69 bits per heavy atom. The Balaban J connectivity index is 1.69. The van der Waals surface area contributed by atoms with Crippen LogP contribution in [0.2, 0.25) is 0 Å². The van der Waals surface area contributed by atoms with Gasteiger partial charge in [-0.1, -0.05) is 13.8 Å². The van der Waals surface area contributed by atoms with Gasteiger partial charge in [-0.15, -0.1) is 0 Å². The summed E-state index contributed by atoms with van der Waals surface area (Å²) in [5.74, 6) is 0.714. The quantitative estimate of drug-likeness (QED) is 0.715. The first-order valence-electron chi connectivity index (χ1n) is 6.82. The molecule has 16 heavy (non-hydrogen) atoms. The topological polar surface area (TPSA) is 35.5 Å². The predicted molar refractivity (Wildman–Crippen MR) is 66.5 cm³/mol. The molecule has 1 heterocycles. The van der Waals surface area contributed by atoms with E-state index in [2.05, 4.69) is 24.1 Å². The van der Waals surface area contributed by atoms with E-state index in [0.717, 1.165) is 13.1 Å². The van der Waals surface area contributed by atoms with E-state index in [1.165, 1.54) is 32.2 Å². The van der Waals surface area contributed by atoms with E-state index in [4.69, 9.17) is 0 Å². The van der Waals surface area contributed by atoms with Gasteiger partial charge in [0.2, 0.25) is 0 Å². The molecule has 1 aliphatic heterocycles. The molecule has 94 valence electrons. The lowest BCUT2D eigenvalue weighted by Crippen LogP contribution is -2.42. The smallest absolute Gasteiger partial charge is 0.0791 e. The van der Waals surface area contributed by atoms with E-state index in [1.54, 1.807) is 0 Å². The van der Waals surface area contributed by atoms with Gasteiger partial charge in [0.1, 0.15) is 0 Å². The summed E-state index contributed by atoms with van der Waals surface area (Å²) >= 11 is 0. The van der Waals surface area contributed by atoms with Gasteiger partial charge in [-0.05, 0) is 38.1 Å². The summed E-state index contributed by atoms with van der Waals surface area (Å²) in [5, 5.41) is 13.4. The van der Waals surface area contributed by atoms with Gasteiger partial charge in [0.05, 0.1) is 6.10 Å². The van der Waals surface area contributed by atoms with E-state index in [1.807, 2.05) is 0 Å². The van der Waals surface area contributed by atoms with Crippen LogP contribution in [0.4, 0.5) is 0 Å². The molecule has 3 nitrogen and oxygen atoms in total. The van der Waals surface area contributed by atoms with Crippen LogP contribution in [0.3, 0.4) is 0 Å². The summed E-state index contributed by atoms with van der Waals surface area (Å²) in [6.07, 6.45) is 5.00. The van der Waals surface area contributed by atoms with Gasteiger partial charge in [-0.3, -0.25) is 4.90 Å². The third-order valence-corrected chi connectivity index (χ3v) is 3.85. The summed E-state index contributed by atoms with van der Waals surface area (Å²) in [5.41, 5.74) is 0. The SMILES string of the molecule is CC(C)C1CCCN1CC(O)CNC1CC1. The van der Waals surface area contributed by atoms with Gasteiger partial charge in [0, 0.05) is 25.2 Å². The third-order valence-electron chi connectivity index (χ3n) is 3.85. The zero-order chi connectivity index (χ0) is 11.5. The number of aliphatic hydroxyl groups is 1. The molecule has 1 aliphatic carbocycles. The van der Waals surface area contributed by atoms with E-state index in [-0.39, 0.29) is 6.10 Å². The average Bonchev–Trinajstić information content (AvgIpc) is 2.95. The maximum absolute atomic E-state index is 9.98. The molecule has 0 spiro atoms. The van der Waals surface area contributed by atoms with Crippen molar-refractivity contribution in [2.45, 2.75) is 57.7 Å². The summed E-state index contributed by atoms with van der Waals surface area (Å²) in [6, 6.07) is 1.39. The number of hydrogen-bond acceptors (Lipinski definition) is 3. The van der Waals surface area contributed by atoms with Crippen molar-refractivity contribution in [1.82, 2.24) is 10.2 Å². The number of rotatable bonds is 6. The van der Waals surface area contributed by atoms with Crippen LogP contribution in [-0.2, 0) is 0 Å². The van der Waals surface area contributed by atoms with Crippen LogP contribution in [0.1, 0.15) is 39.5 Å². The van der Waals surface area contributed by atoms with E-state index in [9.17, 15) is 5.11 Å². The van der Waals surface area contributed by atoms with Gasteiger partial charge < -0.3 is 10.4 Å². The molecule has 0 aromatic rings. The van der Waals surface area contributed by atoms with Crippen LogP contribution >= 0.6 is 0 Å². The normalized spacial score (nSPS) is 28.9. The molecule has 2 rings (SSSR count). The number of nitrogens with one attached hydrogen (secondary N) is 1. The van der Waals surface area contributed by atoms with Gasteiger partial charge in [-0.25, -0.2) is 0 Å². The molecule has 0 bridgehead atoms. The minimum Gasteiger partial charge on any atom is -0.390 e. The van der Waals surface area contributed by atoms with Crippen molar-refractivity contribution in [3.05, 3.63) is 0 Å². The molecular formula is C13H26N2O. The highest BCUT2D eigenvalue weighted by Gasteiger charge is 2.29. The van der Waals surface area contributed by atoms with Crippen molar-refractivity contribution in [3.63, 3.8) is 0 Å². The van der Waals surface area contributed by atoms with Crippen molar-refractivity contribution in [3.8, 4) is 0 Å². The minimum atomic E-state index is -0.194. The Hall–Kier alpha value is -0.120. The lowest BCUT2D eigenvalue weighted by Gasteiger charge is -2.29. The van der Waals surface area contributed by atoms with Crippen LogP contribution in [0.5, 0.6) is 0 Å². The number of hydrogen-bond donors (Lipinski definition) is 2. The minimum absolute atomic E-state index is 0.194. The van der Waals surface area contributed by atoms with Crippen LogP contribution < -0.4 is 5.32 Å². The molecule has 1 saturated carbocycles. The van der Waals surface area contributed by atoms with Crippen LogP contribution in [0, 0.1) is 5.92 Å². The Bertz CT molecular complexity index is 216. The van der Waals surface area contributed by atoms with Crippen LogP contribution in [0.15, 0.2) is 0 Å². The lowest BCUT2D eigenvalue weighted by molar-refractivity contribution is 0.0928. The predicted octanol–water partition coefficient (Wildman–Crippen LogP) is 1.22. The molecule has 3 heteroatoms. The molecule has 0 aromatic carbocycles. The van der Waals surface area contributed by atoms with Gasteiger partial charge in [-0.2, -0.15) is 0 Å². The summed E-state index contributed by atoms with van der Waals surface area (Å²) in [4.78, 5) is 2.48. The van der Waals surface area contributed by atoms with Gasteiger partial charge in [0.25, 0.3) is 0 Å². The molecular weight excluding hydrogens is 200 g/mol. The fourth-order valence-electron chi connectivity index (χ4n) is 2.76. The zero-order valence-electron chi connectivity index (χ0n) is 10.7. The summed E-state index contributed by atoms with van der Waals surface area (Å²) in [7, 11) is 0. The fraction of sp³-hybridized carbons (Fsp3) is 1.00. The van der Waals surface area contributed by atoms with Crippen molar-refractivity contribution in [1.29, 1.82) is 0 Å². The molecule has 2 atom stereocenters. The second-order valence-corrected chi connectivity index (χ2v) is 5.78. The summed E-state index contributed by atoms with van der Waals surface area (Å²) in [6.45, 7) is 7.37. The van der Waals surface area contributed by atoms with E-state index >= 15 is 0 Å². The Kier molecular flexibility index (Phi) is 4.22. The highest BCUT2D eigenvalue weighted by atomic mass is 16.3. The largest absolute Gasteiger partial charge is 0.390 e. The first-order chi connectivity index (χ1) is 7.66. The molecule has 2 unspecified atom stereocenters. The zero-order valence-corrected chi connectivity index (χ0v) is 10.7. The van der Waals surface area contributed by atoms with E-state index < -0.39 is 0 Å². The standard InChI is InChI=1S/C13H26N2O/c1-10(2)13-4-3-7-15(13)9-12(16)8-14-11-5-6-11/h10-14,16H,3-9H2,1-2H3. The van der Waals surface area contributed by atoms with Gasteiger partial charge in [0.15, 0.2) is 0 Å². The highest BCUT2D eigenvalue weighted by Crippen LogP contribution is 2.23. The van der Waals surface area contributed by atoms with Crippen LogP contribution in [0.25, 0.3) is 0 Å². The third kappa shape index (κ3) is 3.44. The molecule has 2 fully saturated rings.